The van der Waals surface area contributed by atoms with E-state index in [1.165, 1.54) is 19.1 Å². The first-order valence-corrected chi connectivity index (χ1v) is 5.98. The third kappa shape index (κ3) is 1.87. The van der Waals surface area contributed by atoms with Crippen molar-refractivity contribution in [3.63, 3.8) is 0 Å². The Bertz CT molecular complexity index is 815. The first-order chi connectivity index (χ1) is 7.80. The van der Waals surface area contributed by atoms with Crippen molar-refractivity contribution < 1.29 is 13.0 Å². The minimum atomic E-state index is -4.54. The Morgan fingerprint density at radius 3 is 2.41 bits per heavy atom. The van der Waals surface area contributed by atoms with Gasteiger partial charge in [0.05, 0.1) is 10.9 Å². The van der Waals surface area contributed by atoms with Gasteiger partial charge in [0.1, 0.15) is 4.90 Å². The number of aromatic nitrogens is 2. The van der Waals surface area contributed by atoms with E-state index in [1.807, 2.05) is 4.98 Å². The van der Waals surface area contributed by atoms with E-state index in [2.05, 4.69) is 4.98 Å². The fourth-order valence-corrected chi connectivity index (χ4v) is 2.60. The highest BCUT2D eigenvalue weighted by atomic mass is 32.2. The van der Waals surface area contributed by atoms with Crippen LogP contribution in [0.2, 0.25) is 0 Å². The lowest BCUT2D eigenvalue weighted by molar-refractivity contribution is 0.483. The van der Waals surface area contributed by atoms with Crippen LogP contribution in [-0.4, -0.2) is 22.9 Å². The van der Waals surface area contributed by atoms with Gasteiger partial charge >= 0.3 is 5.69 Å². The Morgan fingerprint density at radius 1 is 1.18 bits per heavy atom. The van der Waals surface area contributed by atoms with E-state index in [0.29, 0.717) is 0 Å². The second-order valence-corrected chi connectivity index (χ2v) is 4.88. The van der Waals surface area contributed by atoms with Crippen LogP contribution < -0.4 is 11.2 Å². The van der Waals surface area contributed by atoms with Gasteiger partial charge < -0.3 is 4.98 Å². The van der Waals surface area contributed by atoms with Crippen molar-refractivity contribution in [3.05, 3.63) is 38.5 Å². The molecule has 2 aromatic rings. The molecule has 0 fully saturated rings. The van der Waals surface area contributed by atoms with E-state index < -0.39 is 26.3 Å². The molecule has 0 radical (unpaired) electrons. The first kappa shape index (κ1) is 11.6. The molecule has 0 bridgehead atoms. The number of H-pyrrole nitrogens is 2. The van der Waals surface area contributed by atoms with Crippen molar-refractivity contribution in [2.75, 3.05) is 0 Å². The van der Waals surface area contributed by atoms with Gasteiger partial charge in [0, 0.05) is 0 Å². The van der Waals surface area contributed by atoms with E-state index in [9.17, 15) is 18.0 Å². The molecule has 17 heavy (non-hydrogen) atoms. The Morgan fingerprint density at radius 2 is 1.82 bits per heavy atom. The van der Waals surface area contributed by atoms with Crippen LogP contribution in [0.3, 0.4) is 0 Å². The molecule has 0 aliphatic carbocycles. The van der Waals surface area contributed by atoms with Gasteiger partial charge in [-0.05, 0) is 18.6 Å². The number of aryl methyl sites for hydroxylation is 1. The van der Waals surface area contributed by atoms with Gasteiger partial charge in [-0.15, -0.1) is 0 Å². The summed E-state index contributed by atoms with van der Waals surface area (Å²) in [5.74, 6) is 0. The number of fused-ring (bicyclic) bond motifs is 1. The zero-order valence-corrected chi connectivity index (χ0v) is 9.46. The Kier molecular flexibility index (Phi) is 2.40. The van der Waals surface area contributed by atoms with E-state index in [4.69, 9.17) is 4.55 Å². The summed E-state index contributed by atoms with van der Waals surface area (Å²) < 4.78 is 31.5. The molecule has 0 saturated heterocycles. The third-order valence-electron chi connectivity index (χ3n) is 2.31. The largest absolute Gasteiger partial charge is 0.326 e. The predicted molar refractivity (Wildman–Crippen MR) is 59.7 cm³/mol. The molecule has 0 aliphatic heterocycles. The number of hydrogen-bond acceptors (Lipinski definition) is 4. The summed E-state index contributed by atoms with van der Waals surface area (Å²) >= 11 is 0. The van der Waals surface area contributed by atoms with Crippen LogP contribution in [0.15, 0.2) is 26.6 Å². The van der Waals surface area contributed by atoms with Crippen LogP contribution in [0.5, 0.6) is 0 Å². The molecule has 1 aromatic heterocycles. The summed E-state index contributed by atoms with van der Waals surface area (Å²) in [5, 5.41) is -0.257. The molecule has 0 atom stereocenters. The summed E-state index contributed by atoms with van der Waals surface area (Å²) in [6.45, 7) is 1.44. The molecule has 0 saturated carbocycles. The molecule has 0 spiro atoms. The highest BCUT2D eigenvalue weighted by molar-refractivity contribution is 7.86. The SMILES string of the molecule is Cc1ccc2[nH]c(=O)[nH]c(=O)c2c1S(=O)(=O)O. The molecule has 0 amide bonds. The monoisotopic (exact) mass is 256 g/mol. The van der Waals surface area contributed by atoms with Crippen LogP contribution in [0.4, 0.5) is 0 Å². The smallest absolute Gasteiger partial charge is 0.307 e. The molecule has 0 unspecified atom stereocenters. The van der Waals surface area contributed by atoms with Gasteiger partial charge in [0.15, 0.2) is 0 Å². The average Bonchev–Trinajstić information content (AvgIpc) is 2.16. The minimum absolute atomic E-state index is 0.0528. The number of nitrogens with one attached hydrogen (secondary N) is 2. The quantitative estimate of drug-likeness (QED) is 0.609. The molecular weight excluding hydrogens is 248 g/mol. The zero-order valence-electron chi connectivity index (χ0n) is 8.64. The van der Waals surface area contributed by atoms with E-state index in [1.54, 1.807) is 0 Å². The predicted octanol–water partition coefficient (Wildman–Crippen LogP) is -0.228. The Hall–Kier alpha value is -1.93. The lowest BCUT2D eigenvalue weighted by Crippen LogP contribution is -2.23. The molecule has 3 N–H and O–H groups in total. The van der Waals surface area contributed by atoms with Gasteiger partial charge in [-0.25, -0.2) is 4.79 Å². The van der Waals surface area contributed by atoms with Crippen molar-refractivity contribution in [3.8, 4) is 0 Å². The van der Waals surface area contributed by atoms with Gasteiger partial charge in [-0.1, -0.05) is 6.07 Å². The highest BCUT2D eigenvalue weighted by Crippen LogP contribution is 2.21. The van der Waals surface area contributed by atoms with Gasteiger partial charge in [0.2, 0.25) is 0 Å². The lowest BCUT2D eigenvalue weighted by atomic mass is 10.2. The molecule has 1 heterocycles. The van der Waals surface area contributed by atoms with Gasteiger partial charge in [-0.3, -0.25) is 14.3 Å². The topological polar surface area (TPSA) is 120 Å². The number of aromatic amines is 2. The molecule has 90 valence electrons. The second-order valence-electron chi connectivity index (χ2n) is 3.52. The van der Waals surface area contributed by atoms with Gasteiger partial charge in [-0.2, -0.15) is 8.42 Å². The van der Waals surface area contributed by atoms with Crippen LogP contribution in [-0.2, 0) is 10.1 Å². The average molecular weight is 256 g/mol. The van der Waals surface area contributed by atoms with Crippen molar-refractivity contribution in [2.45, 2.75) is 11.8 Å². The lowest BCUT2D eigenvalue weighted by Gasteiger charge is -2.05. The molecule has 2 rings (SSSR count). The maximum atomic E-state index is 11.6. The maximum absolute atomic E-state index is 11.6. The second kappa shape index (κ2) is 3.54. The van der Waals surface area contributed by atoms with Crippen LogP contribution in [0.1, 0.15) is 5.56 Å². The molecule has 8 heteroatoms. The normalized spacial score (nSPS) is 11.9. The fraction of sp³-hybridized carbons (Fsp3) is 0.111. The van der Waals surface area contributed by atoms with Crippen molar-refractivity contribution >= 4 is 21.0 Å². The summed E-state index contributed by atoms with van der Waals surface area (Å²) in [5.41, 5.74) is -1.33. The van der Waals surface area contributed by atoms with Crippen LogP contribution in [0.25, 0.3) is 10.9 Å². The molecule has 7 nitrogen and oxygen atoms in total. The molecular formula is C9H8N2O5S. The van der Waals surface area contributed by atoms with Gasteiger partial charge in [0.25, 0.3) is 15.7 Å². The number of rotatable bonds is 1. The van der Waals surface area contributed by atoms with E-state index >= 15 is 0 Å². The van der Waals surface area contributed by atoms with Crippen molar-refractivity contribution in [2.24, 2.45) is 0 Å². The highest BCUT2D eigenvalue weighted by Gasteiger charge is 2.20. The number of benzene rings is 1. The summed E-state index contributed by atoms with van der Waals surface area (Å²) in [6.07, 6.45) is 0. The third-order valence-corrected chi connectivity index (χ3v) is 3.36. The molecule has 1 aromatic carbocycles. The van der Waals surface area contributed by atoms with Crippen molar-refractivity contribution in [1.82, 2.24) is 9.97 Å². The summed E-state index contributed by atoms with van der Waals surface area (Å²) in [7, 11) is -4.54. The fourth-order valence-electron chi connectivity index (χ4n) is 1.67. The first-order valence-electron chi connectivity index (χ1n) is 4.54. The summed E-state index contributed by atoms with van der Waals surface area (Å²) in [4.78, 5) is 26.3. The summed E-state index contributed by atoms with van der Waals surface area (Å²) in [6, 6.07) is 2.79. The minimum Gasteiger partial charge on any atom is -0.307 e. The van der Waals surface area contributed by atoms with Crippen molar-refractivity contribution in [1.29, 1.82) is 0 Å². The maximum Gasteiger partial charge on any atom is 0.326 e. The Labute approximate surface area is 94.9 Å². The molecule has 0 aliphatic rings. The van der Waals surface area contributed by atoms with E-state index in [0.717, 1.165) is 0 Å². The number of hydrogen-bond donors (Lipinski definition) is 3. The van der Waals surface area contributed by atoms with E-state index in [-0.39, 0.29) is 16.5 Å². The zero-order chi connectivity index (χ0) is 12.8. The van der Waals surface area contributed by atoms with Crippen LogP contribution >= 0.6 is 0 Å². The van der Waals surface area contributed by atoms with Crippen LogP contribution in [0, 0.1) is 6.92 Å². The standard InChI is InChI=1S/C9H8N2O5S/c1-4-2-3-5-6(7(4)17(14,15)16)8(12)11-9(13)10-5/h2-3H,1H3,(H,14,15,16)(H2,10,11,12,13). The Balaban J connectivity index is 3.18.